The summed E-state index contributed by atoms with van der Waals surface area (Å²) in [5.41, 5.74) is 24.4. The van der Waals surface area contributed by atoms with E-state index in [1.165, 1.54) is 12.0 Å². The Hall–Kier alpha value is -1.80. The zero-order chi connectivity index (χ0) is 13.5. The second-order valence-corrected chi connectivity index (χ2v) is 3.67. The summed E-state index contributed by atoms with van der Waals surface area (Å²) in [7, 11) is 0. The van der Waals surface area contributed by atoms with Crippen molar-refractivity contribution in [2.45, 2.75) is 6.42 Å². The molecule has 0 aliphatic carbocycles. The average Bonchev–Trinajstić information content (AvgIpc) is 2.40. The molecule has 0 rings (SSSR count). The van der Waals surface area contributed by atoms with Gasteiger partial charge in [0.05, 0.1) is 13.3 Å². The van der Waals surface area contributed by atoms with Gasteiger partial charge in [-0.15, -0.1) is 0 Å². The zero-order valence-electron chi connectivity index (χ0n) is 9.53. The maximum Gasteiger partial charge on any atom is 0.140 e. The van der Waals surface area contributed by atoms with Gasteiger partial charge in [0, 0.05) is 20.5 Å². The number of azide groups is 3. The van der Waals surface area contributed by atoms with Crippen molar-refractivity contribution in [1.29, 1.82) is 0 Å². The van der Waals surface area contributed by atoms with Crippen molar-refractivity contribution < 1.29 is 4.18 Å². The Kier molecular flexibility index (Phi) is 11.9. The summed E-state index contributed by atoms with van der Waals surface area (Å²) in [5, 5.41) is 9.99. The molecule has 0 unspecified atom stereocenters. The van der Waals surface area contributed by atoms with Crippen LogP contribution in [0, 0.1) is 0 Å². The first-order valence-electron chi connectivity index (χ1n) is 4.84. The van der Waals surface area contributed by atoms with Crippen LogP contribution in [0.5, 0.6) is 0 Å². The lowest BCUT2D eigenvalue weighted by Gasteiger charge is -2.16. The van der Waals surface area contributed by atoms with E-state index in [1.54, 1.807) is 4.90 Å². The predicted octanol–water partition coefficient (Wildman–Crippen LogP) is 3.15. The molecule has 0 aliphatic rings. The lowest BCUT2D eigenvalue weighted by Crippen LogP contribution is -2.25. The van der Waals surface area contributed by atoms with Crippen LogP contribution in [-0.4, -0.2) is 37.3 Å². The molecule has 0 saturated carbocycles. The standard InChI is InChI=1S/C6H12N10OS/c7-13-10-4-16(5-11-14-8)2-1-3-18-17-6-12-15-9/h1-6H2. The third kappa shape index (κ3) is 10.7. The molecule has 0 radical (unpaired) electrons. The topological polar surface area (TPSA) is 159 Å². The molecule has 0 aliphatic heterocycles. The normalized spacial score (nSPS) is 9.17. The van der Waals surface area contributed by atoms with Crippen LogP contribution in [0.25, 0.3) is 31.3 Å². The minimum atomic E-state index is -0.0116. The molecular formula is C6H12N10OS. The summed E-state index contributed by atoms with van der Waals surface area (Å²) in [4.78, 5) is 9.50. The highest BCUT2D eigenvalue weighted by molar-refractivity contribution is 7.94. The van der Waals surface area contributed by atoms with Crippen LogP contribution >= 0.6 is 12.0 Å². The molecule has 12 heteroatoms. The molecule has 98 valence electrons. The van der Waals surface area contributed by atoms with Crippen molar-refractivity contribution in [1.82, 2.24) is 4.90 Å². The second-order valence-electron chi connectivity index (χ2n) is 2.79. The van der Waals surface area contributed by atoms with E-state index in [1.807, 2.05) is 0 Å². The van der Waals surface area contributed by atoms with E-state index in [9.17, 15) is 0 Å². The Labute approximate surface area is 107 Å². The Morgan fingerprint density at radius 1 is 1.00 bits per heavy atom. The minimum absolute atomic E-state index is 0.0116. The molecule has 0 amide bonds. The molecule has 0 heterocycles. The molecular weight excluding hydrogens is 260 g/mol. The Bertz CT molecular complexity index is 335. The monoisotopic (exact) mass is 272 g/mol. The molecule has 0 N–H and O–H groups in total. The molecule has 0 saturated heterocycles. The van der Waals surface area contributed by atoms with Gasteiger partial charge in [-0.1, -0.05) is 15.3 Å². The highest BCUT2D eigenvalue weighted by atomic mass is 32.2. The fourth-order valence-electron chi connectivity index (χ4n) is 0.914. The molecule has 0 aromatic carbocycles. The number of rotatable bonds is 11. The number of nitrogens with zero attached hydrogens (tertiary/aromatic N) is 10. The van der Waals surface area contributed by atoms with E-state index in [-0.39, 0.29) is 20.1 Å². The summed E-state index contributed by atoms with van der Waals surface area (Å²) in [6.07, 6.45) is 0.753. The number of hydrogen-bond donors (Lipinski definition) is 0. The fourth-order valence-corrected chi connectivity index (χ4v) is 1.40. The van der Waals surface area contributed by atoms with Gasteiger partial charge in [0.1, 0.15) is 6.73 Å². The summed E-state index contributed by atoms with van der Waals surface area (Å²) < 4.78 is 4.93. The van der Waals surface area contributed by atoms with Gasteiger partial charge < -0.3 is 4.18 Å². The van der Waals surface area contributed by atoms with Gasteiger partial charge in [-0.2, -0.15) is 0 Å². The van der Waals surface area contributed by atoms with Crippen LogP contribution in [-0.2, 0) is 4.18 Å². The van der Waals surface area contributed by atoms with Gasteiger partial charge in [-0.05, 0) is 41.6 Å². The van der Waals surface area contributed by atoms with Crippen molar-refractivity contribution in [3.05, 3.63) is 31.3 Å². The third-order valence-electron chi connectivity index (χ3n) is 1.61. The van der Waals surface area contributed by atoms with E-state index >= 15 is 0 Å². The first-order valence-corrected chi connectivity index (χ1v) is 5.75. The molecule has 18 heavy (non-hydrogen) atoms. The highest BCUT2D eigenvalue weighted by Crippen LogP contribution is 2.05. The Morgan fingerprint density at radius 3 is 2.17 bits per heavy atom. The van der Waals surface area contributed by atoms with Crippen LogP contribution in [0.4, 0.5) is 0 Å². The highest BCUT2D eigenvalue weighted by Gasteiger charge is 2.01. The third-order valence-corrected chi connectivity index (χ3v) is 2.34. The average molecular weight is 272 g/mol. The van der Waals surface area contributed by atoms with E-state index in [2.05, 4.69) is 30.1 Å². The first kappa shape index (κ1) is 16.2. The maximum absolute atomic E-state index is 8.20. The fraction of sp³-hybridized carbons (Fsp3) is 1.00. The van der Waals surface area contributed by atoms with E-state index in [0.29, 0.717) is 12.3 Å². The van der Waals surface area contributed by atoms with Crippen molar-refractivity contribution in [2.24, 2.45) is 15.3 Å². The maximum atomic E-state index is 8.20. The van der Waals surface area contributed by atoms with E-state index in [0.717, 1.165) is 6.42 Å². The molecule has 0 fully saturated rings. The number of hydrogen-bond acceptors (Lipinski definition) is 6. The van der Waals surface area contributed by atoms with Crippen molar-refractivity contribution in [3.63, 3.8) is 0 Å². The van der Waals surface area contributed by atoms with Crippen molar-refractivity contribution in [2.75, 3.05) is 32.4 Å². The first-order chi connectivity index (χ1) is 8.85. The van der Waals surface area contributed by atoms with Crippen LogP contribution in [0.1, 0.15) is 6.42 Å². The van der Waals surface area contributed by atoms with Crippen LogP contribution in [0.2, 0.25) is 0 Å². The predicted molar refractivity (Wildman–Crippen MR) is 66.9 cm³/mol. The molecule has 11 nitrogen and oxygen atoms in total. The lowest BCUT2D eigenvalue weighted by atomic mass is 10.4. The summed E-state index contributed by atoms with van der Waals surface area (Å²) >= 11 is 1.18. The van der Waals surface area contributed by atoms with Crippen molar-refractivity contribution in [3.8, 4) is 0 Å². The molecule has 0 aromatic rings. The largest absolute Gasteiger partial charge is 0.309 e. The smallest absolute Gasteiger partial charge is 0.140 e. The van der Waals surface area contributed by atoms with Crippen LogP contribution < -0.4 is 0 Å². The van der Waals surface area contributed by atoms with Crippen molar-refractivity contribution >= 4 is 12.0 Å². The van der Waals surface area contributed by atoms with Gasteiger partial charge in [0.15, 0.2) is 0 Å². The summed E-state index contributed by atoms with van der Waals surface area (Å²) in [5.74, 6) is 0.685. The second kappa shape index (κ2) is 13.3. The molecule has 0 bridgehead atoms. The van der Waals surface area contributed by atoms with Gasteiger partial charge in [0.2, 0.25) is 0 Å². The zero-order valence-corrected chi connectivity index (χ0v) is 10.3. The lowest BCUT2D eigenvalue weighted by molar-refractivity contribution is 0.290. The van der Waals surface area contributed by atoms with Crippen LogP contribution in [0.3, 0.4) is 0 Å². The van der Waals surface area contributed by atoms with Gasteiger partial charge in [-0.3, -0.25) is 4.90 Å². The SMILES string of the molecule is [N-]=[N+]=NCOSCCCN(CN=[N+]=[N-])CN=[N+]=[N-]. The molecule has 0 atom stereocenters. The Morgan fingerprint density at radius 2 is 1.61 bits per heavy atom. The Balaban J connectivity index is 3.70. The minimum Gasteiger partial charge on any atom is -0.309 e. The van der Waals surface area contributed by atoms with E-state index < -0.39 is 0 Å². The quantitative estimate of drug-likeness (QED) is 0.186. The van der Waals surface area contributed by atoms with E-state index in [4.69, 9.17) is 20.8 Å². The van der Waals surface area contributed by atoms with Crippen LogP contribution in [0.15, 0.2) is 15.3 Å². The summed E-state index contributed by atoms with van der Waals surface area (Å²) in [6, 6.07) is 0. The summed E-state index contributed by atoms with van der Waals surface area (Å²) in [6.45, 7) is 0.901. The van der Waals surface area contributed by atoms with Gasteiger partial charge >= 0.3 is 0 Å². The molecule has 0 aromatic heterocycles. The molecule has 0 spiro atoms. The van der Waals surface area contributed by atoms with Gasteiger partial charge in [0.25, 0.3) is 0 Å². The van der Waals surface area contributed by atoms with Gasteiger partial charge in [-0.25, -0.2) is 0 Å².